The summed E-state index contributed by atoms with van der Waals surface area (Å²) >= 11 is 0. The van der Waals surface area contributed by atoms with Crippen molar-refractivity contribution in [2.24, 2.45) is 5.92 Å². The first-order valence-electron chi connectivity index (χ1n) is 6.25. The lowest BCUT2D eigenvalue weighted by molar-refractivity contribution is 0.163. The zero-order valence-electron chi connectivity index (χ0n) is 10.7. The molecule has 15 heavy (non-hydrogen) atoms. The van der Waals surface area contributed by atoms with Crippen LogP contribution in [0.15, 0.2) is 11.6 Å². The van der Waals surface area contributed by atoms with Gasteiger partial charge in [0, 0.05) is 25.7 Å². The predicted molar refractivity (Wildman–Crippen MR) is 67.1 cm³/mol. The van der Waals surface area contributed by atoms with E-state index < -0.39 is 0 Å². The van der Waals surface area contributed by atoms with Crippen molar-refractivity contribution in [3.8, 4) is 0 Å². The molecule has 0 fully saturated rings. The van der Waals surface area contributed by atoms with Gasteiger partial charge in [0.05, 0.1) is 0 Å². The van der Waals surface area contributed by atoms with Crippen LogP contribution in [0, 0.1) is 5.92 Å². The van der Waals surface area contributed by atoms with Crippen molar-refractivity contribution in [3.63, 3.8) is 0 Å². The van der Waals surface area contributed by atoms with Gasteiger partial charge in [-0.15, -0.1) is 0 Å². The van der Waals surface area contributed by atoms with E-state index in [2.05, 4.69) is 44.0 Å². The third-order valence-electron chi connectivity index (χ3n) is 3.31. The van der Waals surface area contributed by atoms with Crippen molar-refractivity contribution >= 4 is 0 Å². The van der Waals surface area contributed by atoms with Crippen LogP contribution < -0.4 is 5.32 Å². The maximum Gasteiger partial charge on any atom is 0.0247 e. The highest BCUT2D eigenvalue weighted by Crippen LogP contribution is 2.16. The van der Waals surface area contributed by atoms with Crippen molar-refractivity contribution < 1.29 is 0 Å². The van der Waals surface area contributed by atoms with Crippen LogP contribution in [0.3, 0.4) is 0 Å². The lowest BCUT2D eigenvalue weighted by atomic mass is 9.99. The molecular weight excluding hydrogens is 184 g/mol. The second-order valence-corrected chi connectivity index (χ2v) is 4.91. The molecule has 0 aromatic carbocycles. The van der Waals surface area contributed by atoms with Gasteiger partial charge in [0.2, 0.25) is 0 Å². The predicted octanol–water partition coefficient (Wildman–Crippen LogP) is 2.27. The summed E-state index contributed by atoms with van der Waals surface area (Å²) in [6, 6.07) is 0.689. The SMILES string of the molecule is CCNCC(C(C)C)N1CC=C(C)CC1. The van der Waals surface area contributed by atoms with Gasteiger partial charge in [0.15, 0.2) is 0 Å². The van der Waals surface area contributed by atoms with Crippen LogP contribution in [-0.2, 0) is 0 Å². The van der Waals surface area contributed by atoms with E-state index in [9.17, 15) is 0 Å². The molecule has 0 radical (unpaired) electrons. The zero-order chi connectivity index (χ0) is 11.3. The number of hydrogen-bond donors (Lipinski definition) is 1. The first-order chi connectivity index (χ1) is 7.15. The Balaban J connectivity index is 2.49. The first kappa shape index (κ1) is 12.7. The third-order valence-corrected chi connectivity index (χ3v) is 3.31. The van der Waals surface area contributed by atoms with Crippen molar-refractivity contribution in [3.05, 3.63) is 11.6 Å². The normalized spacial score (nSPS) is 20.5. The van der Waals surface area contributed by atoms with Crippen molar-refractivity contribution in [2.75, 3.05) is 26.2 Å². The maximum absolute atomic E-state index is 3.48. The molecule has 1 aliphatic rings. The molecular formula is C13H26N2. The Morgan fingerprint density at radius 1 is 1.47 bits per heavy atom. The molecule has 0 aromatic heterocycles. The number of rotatable bonds is 5. The Bertz CT molecular complexity index is 209. The van der Waals surface area contributed by atoms with E-state index in [1.807, 2.05) is 0 Å². The number of hydrogen-bond acceptors (Lipinski definition) is 2. The molecule has 1 atom stereocenters. The van der Waals surface area contributed by atoms with E-state index in [-0.39, 0.29) is 0 Å². The van der Waals surface area contributed by atoms with E-state index in [0.29, 0.717) is 6.04 Å². The second kappa shape index (κ2) is 6.29. The summed E-state index contributed by atoms with van der Waals surface area (Å²) in [7, 11) is 0. The van der Waals surface area contributed by atoms with Crippen LogP contribution in [0.5, 0.6) is 0 Å². The minimum absolute atomic E-state index is 0.689. The molecule has 1 unspecified atom stereocenters. The summed E-state index contributed by atoms with van der Waals surface area (Å²) in [5.41, 5.74) is 1.55. The third kappa shape index (κ3) is 3.96. The summed E-state index contributed by atoms with van der Waals surface area (Å²) in [6.45, 7) is 13.6. The smallest absolute Gasteiger partial charge is 0.0247 e. The van der Waals surface area contributed by atoms with Gasteiger partial charge in [0.25, 0.3) is 0 Å². The van der Waals surface area contributed by atoms with Crippen LogP contribution in [0.1, 0.15) is 34.1 Å². The summed E-state index contributed by atoms with van der Waals surface area (Å²) in [5, 5.41) is 3.48. The lowest BCUT2D eigenvalue weighted by Gasteiger charge is -2.36. The molecule has 0 saturated heterocycles. The molecule has 1 rings (SSSR count). The van der Waals surface area contributed by atoms with Crippen LogP contribution in [-0.4, -0.2) is 37.1 Å². The van der Waals surface area contributed by atoms with E-state index in [1.54, 1.807) is 5.57 Å². The molecule has 1 N–H and O–H groups in total. The molecule has 2 nitrogen and oxygen atoms in total. The minimum atomic E-state index is 0.689. The van der Waals surface area contributed by atoms with Gasteiger partial charge in [-0.05, 0) is 25.8 Å². The van der Waals surface area contributed by atoms with E-state index >= 15 is 0 Å². The maximum atomic E-state index is 3.48. The molecule has 0 aromatic rings. The number of nitrogens with one attached hydrogen (secondary N) is 1. The molecule has 1 heterocycles. The Morgan fingerprint density at radius 3 is 2.67 bits per heavy atom. The van der Waals surface area contributed by atoms with Crippen molar-refractivity contribution in [2.45, 2.75) is 40.2 Å². The monoisotopic (exact) mass is 210 g/mol. The van der Waals surface area contributed by atoms with Crippen molar-refractivity contribution in [1.82, 2.24) is 10.2 Å². The largest absolute Gasteiger partial charge is 0.315 e. The van der Waals surface area contributed by atoms with Crippen molar-refractivity contribution in [1.29, 1.82) is 0 Å². The highest BCUT2D eigenvalue weighted by Gasteiger charge is 2.22. The van der Waals surface area contributed by atoms with Crippen LogP contribution in [0.25, 0.3) is 0 Å². The molecule has 0 bridgehead atoms. The number of nitrogens with zero attached hydrogens (tertiary/aromatic N) is 1. The van der Waals surface area contributed by atoms with Gasteiger partial charge >= 0.3 is 0 Å². The highest BCUT2D eigenvalue weighted by molar-refractivity contribution is 5.04. The van der Waals surface area contributed by atoms with Gasteiger partial charge in [-0.1, -0.05) is 32.4 Å². The van der Waals surface area contributed by atoms with Crippen LogP contribution >= 0.6 is 0 Å². The second-order valence-electron chi connectivity index (χ2n) is 4.91. The average Bonchev–Trinajstić information content (AvgIpc) is 2.21. The molecule has 1 aliphatic heterocycles. The van der Waals surface area contributed by atoms with E-state index in [0.717, 1.165) is 25.6 Å². The van der Waals surface area contributed by atoms with Gasteiger partial charge in [-0.2, -0.15) is 0 Å². The molecule has 88 valence electrons. The first-order valence-corrected chi connectivity index (χ1v) is 6.25. The fourth-order valence-corrected chi connectivity index (χ4v) is 2.17. The fourth-order valence-electron chi connectivity index (χ4n) is 2.17. The Kier molecular flexibility index (Phi) is 5.34. The number of likely N-dealkylation sites (N-methyl/N-ethyl adjacent to an activating group) is 1. The summed E-state index contributed by atoms with van der Waals surface area (Å²) < 4.78 is 0. The Labute approximate surface area is 94.7 Å². The van der Waals surface area contributed by atoms with Crippen LogP contribution in [0.2, 0.25) is 0 Å². The summed E-state index contributed by atoms with van der Waals surface area (Å²) in [6.07, 6.45) is 3.63. The zero-order valence-corrected chi connectivity index (χ0v) is 10.7. The fraction of sp³-hybridized carbons (Fsp3) is 0.846. The summed E-state index contributed by atoms with van der Waals surface area (Å²) in [4.78, 5) is 2.61. The molecule has 0 saturated carbocycles. The summed E-state index contributed by atoms with van der Waals surface area (Å²) in [5.74, 6) is 0.732. The van der Waals surface area contributed by atoms with E-state index in [4.69, 9.17) is 0 Å². The van der Waals surface area contributed by atoms with Gasteiger partial charge < -0.3 is 5.32 Å². The van der Waals surface area contributed by atoms with Gasteiger partial charge in [-0.3, -0.25) is 4.90 Å². The van der Waals surface area contributed by atoms with Gasteiger partial charge in [0.1, 0.15) is 0 Å². The average molecular weight is 210 g/mol. The lowest BCUT2D eigenvalue weighted by Crippen LogP contribution is -2.47. The van der Waals surface area contributed by atoms with E-state index in [1.165, 1.54) is 13.0 Å². The molecule has 2 heteroatoms. The standard InChI is InChI=1S/C13H26N2/c1-5-14-10-13(11(2)3)15-8-6-12(4)7-9-15/h6,11,13-14H,5,7-10H2,1-4H3. The molecule has 0 amide bonds. The molecule has 0 spiro atoms. The Morgan fingerprint density at radius 2 is 2.20 bits per heavy atom. The Hall–Kier alpha value is -0.340. The van der Waals surface area contributed by atoms with Crippen LogP contribution in [0.4, 0.5) is 0 Å². The molecule has 0 aliphatic carbocycles. The minimum Gasteiger partial charge on any atom is -0.315 e. The highest BCUT2D eigenvalue weighted by atomic mass is 15.2. The quantitative estimate of drug-likeness (QED) is 0.700. The van der Waals surface area contributed by atoms with Gasteiger partial charge in [-0.25, -0.2) is 0 Å². The topological polar surface area (TPSA) is 15.3 Å².